The van der Waals surface area contributed by atoms with Crippen LogP contribution in [0.4, 0.5) is 0 Å². The van der Waals surface area contributed by atoms with E-state index in [1.54, 1.807) is 0 Å². The highest BCUT2D eigenvalue weighted by molar-refractivity contribution is 14.1. The Balaban J connectivity index is 2.59. The third-order valence-corrected chi connectivity index (χ3v) is 2.52. The van der Waals surface area contributed by atoms with Gasteiger partial charge in [-0.1, -0.05) is 13.3 Å². The number of hydrogen-bond donors (Lipinski definition) is 0. The third-order valence-electron chi connectivity index (χ3n) is 1.71. The van der Waals surface area contributed by atoms with Crippen LogP contribution in [0, 0.1) is 10.5 Å². The second kappa shape index (κ2) is 5.42. The molecule has 3 heteroatoms. The molecule has 1 aromatic rings. The standard InChI is InChI=1S/C10H14INO/c1-3-4-5-13-10-6-8(2)12-7-9(10)11/h6-7H,3-5H2,1-2H3. The smallest absolute Gasteiger partial charge is 0.135 e. The number of aryl methyl sites for hydroxylation is 1. The fourth-order valence-electron chi connectivity index (χ4n) is 0.955. The summed E-state index contributed by atoms with van der Waals surface area (Å²) in [5, 5.41) is 0. The number of aromatic nitrogens is 1. The molecule has 2 nitrogen and oxygen atoms in total. The molecule has 0 radical (unpaired) electrons. The van der Waals surface area contributed by atoms with Crippen LogP contribution >= 0.6 is 22.6 Å². The van der Waals surface area contributed by atoms with E-state index in [1.165, 1.54) is 6.42 Å². The number of ether oxygens (including phenoxy) is 1. The SMILES string of the molecule is CCCCOc1cc(C)ncc1I. The Bertz CT molecular complexity index is 276. The molecular formula is C10H14INO. The zero-order valence-electron chi connectivity index (χ0n) is 8.01. The molecule has 0 saturated carbocycles. The zero-order valence-corrected chi connectivity index (χ0v) is 10.2. The lowest BCUT2D eigenvalue weighted by molar-refractivity contribution is 0.306. The monoisotopic (exact) mass is 291 g/mol. The highest BCUT2D eigenvalue weighted by Gasteiger charge is 2.00. The van der Waals surface area contributed by atoms with Crippen molar-refractivity contribution in [3.8, 4) is 5.75 Å². The molecule has 0 bridgehead atoms. The largest absolute Gasteiger partial charge is 0.492 e. The summed E-state index contributed by atoms with van der Waals surface area (Å²) in [6.45, 7) is 4.94. The first-order valence-corrected chi connectivity index (χ1v) is 5.57. The second-order valence-corrected chi connectivity index (χ2v) is 4.12. The van der Waals surface area contributed by atoms with Crippen LogP contribution in [0.3, 0.4) is 0 Å². The van der Waals surface area contributed by atoms with Crippen molar-refractivity contribution in [2.24, 2.45) is 0 Å². The summed E-state index contributed by atoms with van der Waals surface area (Å²) in [6, 6.07) is 1.98. The van der Waals surface area contributed by atoms with Crippen molar-refractivity contribution in [2.75, 3.05) is 6.61 Å². The highest BCUT2D eigenvalue weighted by Crippen LogP contribution is 2.20. The van der Waals surface area contributed by atoms with Crippen LogP contribution in [-0.2, 0) is 0 Å². The van der Waals surface area contributed by atoms with Crippen LogP contribution in [-0.4, -0.2) is 11.6 Å². The van der Waals surface area contributed by atoms with E-state index in [2.05, 4.69) is 34.5 Å². The minimum Gasteiger partial charge on any atom is -0.492 e. The first-order valence-electron chi connectivity index (χ1n) is 4.49. The van der Waals surface area contributed by atoms with Crippen LogP contribution in [0.15, 0.2) is 12.3 Å². The summed E-state index contributed by atoms with van der Waals surface area (Å²) < 4.78 is 6.69. The lowest BCUT2D eigenvalue weighted by Gasteiger charge is -2.07. The lowest BCUT2D eigenvalue weighted by Crippen LogP contribution is -1.99. The van der Waals surface area contributed by atoms with Crippen molar-refractivity contribution in [3.63, 3.8) is 0 Å². The third kappa shape index (κ3) is 3.50. The van der Waals surface area contributed by atoms with Gasteiger partial charge in [0.1, 0.15) is 5.75 Å². The van der Waals surface area contributed by atoms with Gasteiger partial charge in [0.15, 0.2) is 0 Å². The van der Waals surface area contributed by atoms with E-state index in [0.29, 0.717) is 0 Å². The minimum atomic E-state index is 0.802. The number of pyridine rings is 1. The molecule has 1 heterocycles. The van der Waals surface area contributed by atoms with E-state index in [0.717, 1.165) is 28.0 Å². The molecule has 0 saturated heterocycles. The predicted molar refractivity (Wildman–Crippen MR) is 62.1 cm³/mol. The maximum atomic E-state index is 5.61. The van der Waals surface area contributed by atoms with E-state index < -0.39 is 0 Å². The summed E-state index contributed by atoms with van der Waals surface area (Å²) in [6.07, 6.45) is 4.12. The van der Waals surface area contributed by atoms with E-state index in [9.17, 15) is 0 Å². The lowest BCUT2D eigenvalue weighted by atomic mass is 10.3. The van der Waals surface area contributed by atoms with Gasteiger partial charge in [-0.15, -0.1) is 0 Å². The molecule has 0 aliphatic rings. The Labute approximate surface area is 92.9 Å². The van der Waals surface area contributed by atoms with Gasteiger partial charge in [-0.25, -0.2) is 0 Å². The molecule has 72 valence electrons. The Morgan fingerprint density at radius 3 is 3.00 bits per heavy atom. The minimum absolute atomic E-state index is 0.802. The average molecular weight is 291 g/mol. The molecule has 0 spiro atoms. The van der Waals surface area contributed by atoms with E-state index >= 15 is 0 Å². The van der Waals surface area contributed by atoms with E-state index in [-0.39, 0.29) is 0 Å². The van der Waals surface area contributed by atoms with Crippen molar-refractivity contribution >= 4 is 22.6 Å². The second-order valence-electron chi connectivity index (χ2n) is 2.96. The van der Waals surface area contributed by atoms with E-state index in [1.807, 2.05) is 19.2 Å². The molecule has 1 aromatic heterocycles. The molecule has 0 N–H and O–H groups in total. The van der Waals surface area contributed by atoms with Gasteiger partial charge in [-0.3, -0.25) is 4.98 Å². The molecule has 13 heavy (non-hydrogen) atoms. The van der Waals surface area contributed by atoms with Crippen LogP contribution in [0.5, 0.6) is 5.75 Å². The first kappa shape index (κ1) is 10.8. The van der Waals surface area contributed by atoms with Crippen LogP contribution in [0.1, 0.15) is 25.5 Å². The highest BCUT2D eigenvalue weighted by atomic mass is 127. The van der Waals surface area contributed by atoms with Crippen molar-refractivity contribution < 1.29 is 4.74 Å². The molecule has 0 fully saturated rings. The Morgan fingerprint density at radius 1 is 1.54 bits per heavy atom. The number of halogens is 1. The number of rotatable bonds is 4. The van der Waals surface area contributed by atoms with Gasteiger partial charge >= 0.3 is 0 Å². The van der Waals surface area contributed by atoms with Crippen molar-refractivity contribution in [3.05, 3.63) is 21.5 Å². The van der Waals surface area contributed by atoms with Gasteiger partial charge in [0.25, 0.3) is 0 Å². The Hall–Kier alpha value is -0.320. The molecule has 0 aliphatic carbocycles. The molecule has 1 rings (SSSR count). The molecule has 0 aromatic carbocycles. The summed E-state index contributed by atoms with van der Waals surface area (Å²) in [5.41, 5.74) is 1.01. The Morgan fingerprint density at radius 2 is 2.31 bits per heavy atom. The van der Waals surface area contributed by atoms with Gasteiger partial charge in [0.05, 0.1) is 10.2 Å². The molecule has 0 aliphatic heterocycles. The first-order chi connectivity index (χ1) is 6.24. The maximum Gasteiger partial charge on any atom is 0.135 e. The molecule has 0 amide bonds. The maximum absolute atomic E-state index is 5.61. The molecule has 0 atom stereocenters. The average Bonchev–Trinajstić information content (AvgIpc) is 2.11. The summed E-state index contributed by atoms with van der Waals surface area (Å²) in [5.74, 6) is 0.960. The van der Waals surface area contributed by atoms with Crippen LogP contribution < -0.4 is 4.74 Å². The fraction of sp³-hybridized carbons (Fsp3) is 0.500. The van der Waals surface area contributed by atoms with Crippen LogP contribution in [0.25, 0.3) is 0 Å². The Kier molecular flexibility index (Phi) is 4.48. The van der Waals surface area contributed by atoms with Crippen molar-refractivity contribution in [1.29, 1.82) is 0 Å². The number of unbranched alkanes of at least 4 members (excludes halogenated alkanes) is 1. The van der Waals surface area contributed by atoms with Gasteiger partial charge in [0.2, 0.25) is 0 Å². The van der Waals surface area contributed by atoms with Crippen molar-refractivity contribution in [1.82, 2.24) is 4.98 Å². The van der Waals surface area contributed by atoms with E-state index in [4.69, 9.17) is 4.74 Å². The number of nitrogens with zero attached hydrogens (tertiary/aromatic N) is 1. The zero-order chi connectivity index (χ0) is 9.68. The molecular weight excluding hydrogens is 277 g/mol. The van der Waals surface area contributed by atoms with Crippen molar-refractivity contribution in [2.45, 2.75) is 26.7 Å². The van der Waals surface area contributed by atoms with Gasteiger partial charge in [-0.2, -0.15) is 0 Å². The van der Waals surface area contributed by atoms with Gasteiger partial charge in [-0.05, 0) is 35.9 Å². The van der Waals surface area contributed by atoms with Gasteiger partial charge < -0.3 is 4.74 Å². The molecule has 0 unspecified atom stereocenters. The summed E-state index contributed by atoms with van der Waals surface area (Å²) in [4.78, 5) is 4.18. The predicted octanol–water partition coefficient (Wildman–Crippen LogP) is 3.17. The normalized spacial score (nSPS) is 10.1. The quantitative estimate of drug-likeness (QED) is 0.628. The number of hydrogen-bond acceptors (Lipinski definition) is 2. The topological polar surface area (TPSA) is 22.1 Å². The van der Waals surface area contributed by atoms with Crippen LogP contribution in [0.2, 0.25) is 0 Å². The van der Waals surface area contributed by atoms with Gasteiger partial charge in [0, 0.05) is 18.0 Å². The summed E-state index contributed by atoms with van der Waals surface area (Å²) in [7, 11) is 0. The summed E-state index contributed by atoms with van der Waals surface area (Å²) >= 11 is 2.24. The fourth-order valence-corrected chi connectivity index (χ4v) is 1.41.